The summed E-state index contributed by atoms with van der Waals surface area (Å²) in [7, 11) is 0. The van der Waals surface area contributed by atoms with Crippen molar-refractivity contribution in [3.63, 3.8) is 0 Å². The van der Waals surface area contributed by atoms with Crippen LogP contribution < -0.4 is 4.90 Å². The van der Waals surface area contributed by atoms with Crippen molar-refractivity contribution in [1.82, 2.24) is 9.88 Å². The Bertz CT molecular complexity index is 963. The first kappa shape index (κ1) is 20.8. The van der Waals surface area contributed by atoms with E-state index in [-0.39, 0.29) is 17.5 Å². The van der Waals surface area contributed by atoms with Crippen LogP contribution in [0.5, 0.6) is 0 Å². The van der Waals surface area contributed by atoms with Gasteiger partial charge in [0, 0.05) is 62.2 Å². The van der Waals surface area contributed by atoms with Gasteiger partial charge in [-0.15, -0.1) is 0 Å². The quantitative estimate of drug-likeness (QED) is 0.635. The lowest BCUT2D eigenvalue weighted by molar-refractivity contribution is -0.131. The van der Waals surface area contributed by atoms with Crippen LogP contribution in [0, 0.1) is 11.7 Å². The number of aryl methyl sites for hydroxylation is 1. The summed E-state index contributed by atoms with van der Waals surface area (Å²) < 4.78 is 14.9. The maximum absolute atomic E-state index is 14.9. The number of benzene rings is 1. The zero-order valence-corrected chi connectivity index (χ0v) is 17.9. The number of anilines is 1. The Kier molecular flexibility index (Phi) is 6.02. The van der Waals surface area contributed by atoms with Crippen molar-refractivity contribution in [3.05, 3.63) is 35.3 Å². The van der Waals surface area contributed by atoms with Crippen LogP contribution in [0.15, 0.2) is 18.3 Å². The fraction of sp³-hybridized carbons (Fsp3) is 0.542. The SMILES string of the molecule is CCCC(=O)N1CCN(c2cc3c(CC)c(C(=O)CC4CC4)cnc3cc2F)CC1. The number of hydrogen-bond acceptors (Lipinski definition) is 4. The molecule has 0 unspecified atom stereocenters. The minimum atomic E-state index is -0.303. The van der Waals surface area contributed by atoms with Gasteiger partial charge in [0.05, 0.1) is 11.2 Å². The summed E-state index contributed by atoms with van der Waals surface area (Å²) in [5.74, 6) is 0.543. The number of fused-ring (bicyclic) bond motifs is 1. The molecular weight excluding hydrogens is 381 g/mol. The fourth-order valence-corrected chi connectivity index (χ4v) is 4.38. The molecule has 4 rings (SSSR count). The van der Waals surface area contributed by atoms with Gasteiger partial charge in [-0.3, -0.25) is 14.6 Å². The average Bonchev–Trinajstić information content (AvgIpc) is 3.56. The number of Topliss-reactive ketones (excluding diaryl/α,β-unsaturated/α-hetero) is 1. The van der Waals surface area contributed by atoms with Crippen molar-refractivity contribution in [2.45, 2.75) is 52.4 Å². The number of carbonyl (C=O) groups excluding carboxylic acids is 2. The van der Waals surface area contributed by atoms with E-state index in [0.29, 0.717) is 68.1 Å². The Hall–Kier alpha value is -2.50. The molecule has 6 heteroatoms. The Morgan fingerprint density at radius 1 is 1.13 bits per heavy atom. The summed E-state index contributed by atoms with van der Waals surface area (Å²) in [4.78, 5) is 33.2. The summed E-state index contributed by atoms with van der Waals surface area (Å²) in [5.41, 5.74) is 2.77. The van der Waals surface area contributed by atoms with Gasteiger partial charge in [-0.1, -0.05) is 13.8 Å². The number of piperazine rings is 1. The second-order valence-electron chi connectivity index (χ2n) is 8.51. The minimum absolute atomic E-state index is 0.151. The first-order valence-electron chi connectivity index (χ1n) is 11.2. The molecule has 30 heavy (non-hydrogen) atoms. The summed E-state index contributed by atoms with van der Waals surface area (Å²) in [6.07, 6.45) is 6.59. The molecule has 1 aliphatic heterocycles. The van der Waals surface area contributed by atoms with Crippen molar-refractivity contribution in [2.24, 2.45) is 5.92 Å². The zero-order chi connectivity index (χ0) is 21.3. The van der Waals surface area contributed by atoms with Gasteiger partial charge in [0.25, 0.3) is 0 Å². The number of aromatic nitrogens is 1. The molecule has 0 atom stereocenters. The van der Waals surface area contributed by atoms with E-state index in [2.05, 4.69) is 4.98 Å². The minimum Gasteiger partial charge on any atom is -0.366 e. The van der Waals surface area contributed by atoms with Gasteiger partial charge in [0.1, 0.15) is 5.82 Å². The first-order chi connectivity index (χ1) is 14.5. The third-order valence-corrected chi connectivity index (χ3v) is 6.31. The number of pyridine rings is 1. The topological polar surface area (TPSA) is 53.5 Å². The average molecular weight is 412 g/mol. The molecule has 2 aromatic rings. The number of rotatable bonds is 7. The maximum atomic E-state index is 14.9. The highest BCUT2D eigenvalue weighted by Crippen LogP contribution is 2.35. The highest BCUT2D eigenvalue weighted by molar-refractivity contribution is 6.02. The zero-order valence-electron chi connectivity index (χ0n) is 17.9. The molecule has 0 radical (unpaired) electrons. The van der Waals surface area contributed by atoms with Crippen molar-refractivity contribution < 1.29 is 14.0 Å². The summed E-state index contributed by atoms with van der Waals surface area (Å²) >= 11 is 0. The van der Waals surface area contributed by atoms with Crippen LogP contribution in [-0.4, -0.2) is 47.8 Å². The van der Waals surface area contributed by atoms with E-state index >= 15 is 0 Å². The van der Waals surface area contributed by atoms with E-state index < -0.39 is 0 Å². The molecule has 5 nitrogen and oxygen atoms in total. The van der Waals surface area contributed by atoms with Crippen LogP contribution >= 0.6 is 0 Å². The number of nitrogens with zero attached hydrogens (tertiary/aromatic N) is 3. The van der Waals surface area contributed by atoms with Crippen LogP contribution in [-0.2, 0) is 11.2 Å². The molecular formula is C24H30FN3O2. The van der Waals surface area contributed by atoms with Gasteiger partial charge >= 0.3 is 0 Å². The third-order valence-electron chi connectivity index (χ3n) is 6.31. The maximum Gasteiger partial charge on any atom is 0.222 e. The monoisotopic (exact) mass is 411 g/mol. The van der Waals surface area contributed by atoms with Crippen molar-refractivity contribution in [2.75, 3.05) is 31.1 Å². The van der Waals surface area contributed by atoms with Crippen LogP contribution in [0.2, 0.25) is 0 Å². The van der Waals surface area contributed by atoms with E-state index in [1.165, 1.54) is 6.07 Å². The van der Waals surface area contributed by atoms with Gasteiger partial charge in [-0.25, -0.2) is 4.39 Å². The largest absolute Gasteiger partial charge is 0.366 e. The molecule has 1 aliphatic carbocycles. The molecule has 2 fully saturated rings. The molecule has 2 aliphatic rings. The first-order valence-corrected chi connectivity index (χ1v) is 11.2. The number of amides is 1. The van der Waals surface area contributed by atoms with E-state index in [9.17, 15) is 14.0 Å². The summed E-state index contributed by atoms with van der Waals surface area (Å²) in [6.45, 7) is 6.45. The Morgan fingerprint density at radius 2 is 1.87 bits per heavy atom. The fourth-order valence-electron chi connectivity index (χ4n) is 4.38. The van der Waals surface area contributed by atoms with Crippen molar-refractivity contribution in [3.8, 4) is 0 Å². The van der Waals surface area contributed by atoms with Gasteiger partial charge in [0.2, 0.25) is 5.91 Å². The molecule has 1 amide bonds. The Labute approximate surface area is 177 Å². The standard InChI is InChI=1S/C24H30FN3O2/c1-3-5-24(30)28-10-8-27(9-11-28)22-13-18-17(4-2)19(23(29)12-16-6-7-16)15-26-21(18)14-20(22)25/h13-16H,3-12H2,1-2H3. The highest BCUT2D eigenvalue weighted by Gasteiger charge is 2.27. The van der Waals surface area contributed by atoms with Gasteiger partial charge in [-0.05, 0) is 43.2 Å². The number of hydrogen-bond donors (Lipinski definition) is 0. The molecule has 1 saturated carbocycles. The predicted octanol–water partition coefficient (Wildman–Crippen LogP) is 4.37. The van der Waals surface area contributed by atoms with E-state index in [1.54, 1.807) is 6.20 Å². The normalized spacial score (nSPS) is 16.9. The second-order valence-corrected chi connectivity index (χ2v) is 8.51. The smallest absolute Gasteiger partial charge is 0.222 e. The molecule has 1 saturated heterocycles. The number of halogens is 1. The van der Waals surface area contributed by atoms with Crippen LogP contribution in [0.4, 0.5) is 10.1 Å². The van der Waals surface area contributed by atoms with Crippen LogP contribution in [0.3, 0.4) is 0 Å². The lowest BCUT2D eigenvalue weighted by Crippen LogP contribution is -2.49. The lowest BCUT2D eigenvalue weighted by atomic mass is 9.96. The van der Waals surface area contributed by atoms with Crippen molar-refractivity contribution >= 4 is 28.3 Å². The predicted molar refractivity (Wildman–Crippen MR) is 116 cm³/mol. The Morgan fingerprint density at radius 3 is 2.50 bits per heavy atom. The van der Waals surface area contributed by atoms with E-state index in [1.807, 2.05) is 29.7 Å². The van der Waals surface area contributed by atoms with Crippen LogP contribution in [0.25, 0.3) is 10.9 Å². The molecule has 160 valence electrons. The van der Waals surface area contributed by atoms with E-state index in [4.69, 9.17) is 0 Å². The summed E-state index contributed by atoms with van der Waals surface area (Å²) in [5, 5.41) is 0.861. The molecule has 2 heterocycles. The van der Waals surface area contributed by atoms with Gasteiger partial charge in [0.15, 0.2) is 5.78 Å². The highest BCUT2D eigenvalue weighted by atomic mass is 19.1. The molecule has 0 N–H and O–H groups in total. The molecule has 1 aromatic carbocycles. The number of carbonyl (C=O) groups is 2. The number of ketones is 1. The third kappa shape index (κ3) is 4.18. The molecule has 0 bridgehead atoms. The Balaban J connectivity index is 1.62. The van der Waals surface area contributed by atoms with Crippen molar-refractivity contribution in [1.29, 1.82) is 0 Å². The van der Waals surface area contributed by atoms with E-state index in [0.717, 1.165) is 30.2 Å². The van der Waals surface area contributed by atoms with Crippen LogP contribution in [0.1, 0.15) is 61.9 Å². The lowest BCUT2D eigenvalue weighted by Gasteiger charge is -2.36. The molecule has 1 aromatic heterocycles. The van der Waals surface area contributed by atoms with Gasteiger partial charge < -0.3 is 9.80 Å². The molecule has 0 spiro atoms. The van der Waals surface area contributed by atoms with Gasteiger partial charge in [-0.2, -0.15) is 0 Å². The summed E-state index contributed by atoms with van der Waals surface area (Å²) in [6, 6.07) is 3.33. The second kappa shape index (κ2) is 8.70.